The van der Waals surface area contributed by atoms with Gasteiger partial charge in [0.1, 0.15) is 35.8 Å². The number of amidine groups is 1. The van der Waals surface area contributed by atoms with E-state index >= 15 is 0 Å². The summed E-state index contributed by atoms with van der Waals surface area (Å²) in [4.78, 5) is 67.8. The van der Waals surface area contributed by atoms with Gasteiger partial charge in [-0.15, -0.1) is 0 Å². The van der Waals surface area contributed by atoms with Crippen LogP contribution < -0.4 is 49.9 Å². The van der Waals surface area contributed by atoms with Gasteiger partial charge in [0.15, 0.2) is 11.9 Å². The summed E-state index contributed by atoms with van der Waals surface area (Å²) in [6, 6.07) is 15.2. The van der Waals surface area contributed by atoms with Crippen LogP contribution in [0.1, 0.15) is 36.8 Å². The molecule has 0 saturated heterocycles. The highest BCUT2D eigenvalue weighted by Gasteiger charge is 2.31. The van der Waals surface area contributed by atoms with Gasteiger partial charge in [-0.25, -0.2) is 0 Å². The number of amides is 4. The van der Waals surface area contributed by atoms with Crippen molar-refractivity contribution in [3.05, 3.63) is 77.9 Å². The lowest BCUT2D eigenvalue weighted by Gasteiger charge is -2.25. The van der Waals surface area contributed by atoms with E-state index < -0.39 is 47.8 Å². The Balaban J connectivity index is 1.70. The molecule has 1 heterocycles. The quantitative estimate of drug-likeness (QED) is 0.0600. The molecular weight excluding hydrogens is 680 g/mol. The van der Waals surface area contributed by atoms with Crippen LogP contribution in [0.25, 0.3) is 10.8 Å². The van der Waals surface area contributed by atoms with Gasteiger partial charge in [-0.3, -0.25) is 34.2 Å². The molecule has 3 aromatic rings. The Morgan fingerprint density at radius 3 is 1.83 bits per heavy atom. The van der Waals surface area contributed by atoms with Crippen molar-refractivity contribution in [1.82, 2.24) is 21.3 Å². The molecule has 1 aliphatic rings. The van der Waals surface area contributed by atoms with Gasteiger partial charge in [0, 0.05) is 25.9 Å². The van der Waals surface area contributed by atoms with Crippen LogP contribution in [-0.2, 0) is 32.0 Å². The van der Waals surface area contributed by atoms with Gasteiger partial charge >= 0.3 is 0 Å². The summed E-state index contributed by atoms with van der Waals surface area (Å²) < 4.78 is 0. The Morgan fingerprint density at radius 2 is 1.23 bits per heavy atom. The third kappa shape index (κ3) is 12.7. The number of hydrogen-bond acceptors (Lipinski definition) is 9. The molecule has 1 aliphatic heterocycles. The highest BCUT2D eigenvalue weighted by atomic mass is 16.3. The first-order valence-corrected chi connectivity index (χ1v) is 17.2. The highest BCUT2D eigenvalue weighted by molar-refractivity contribution is 5.97. The van der Waals surface area contributed by atoms with Crippen molar-refractivity contribution in [3.63, 3.8) is 0 Å². The predicted octanol–water partition coefficient (Wildman–Crippen LogP) is -1.25. The van der Waals surface area contributed by atoms with Crippen molar-refractivity contribution in [2.24, 2.45) is 43.6 Å². The Bertz CT molecular complexity index is 1840. The van der Waals surface area contributed by atoms with E-state index in [4.69, 9.17) is 28.7 Å². The zero-order valence-corrected chi connectivity index (χ0v) is 29.3. The molecule has 0 fully saturated rings. The van der Waals surface area contributed by atoms with Crippen LogP contribution in [0.2, 0.25) is 0 Å². The summed E-state index contributed by atoms with van der Waals surface area (Å²) in [5.41, 5.74) is 29.6. The van der Waals surface area contributed by atoms with Crippen LogP contribution in [0.4, 0.5) is 0 Å². The van der Waals surface area contributed by atoms with Crippen LogP contribution in [0.15, 0.2) is 81.7 Å². The minimum atomic E-state index is -1.14. The monoisotopic (exact) mass is 728 g/mol. The number of nitrogens with one attached hydrogen (secondary N) is 4. The average molecular weight is 729 g/mol. The molecule has 0 aliphatic carbocycles. The number of hydrogen-bond donors (Lipinski definition) is 10. The minimum Gasteiger partial charge on any atom is -0.508 e. The van der Waals surface area contributed by atoms with E-state index in [9.17, 15) is 24.3 Å². The van der Waals surface area contributed by atoms with Crippen LogP contribution in [0.3, 0.4) is 0 Å². The maximum atomic E-state index is 13.9. The molecule has 0 spiro atoms. The molecule has 17 nitrogen and oxygen atoms in total. The van der Waals surface area contributed by atoms with Crippen molar-refractivity contribution in [2.75, 3.05) is 19.6 Å². The molecule has 0 radical (unpaired) electrons. The van der Waals surface area contributed by atoms with Crippen LogP contribution >= 0.6 is 0 Å². The number of aliphatic imine (C=N–C) groups is 3. The zero-order valence-electron chi connectivity index (χ0n) is 29.3. The molecule has 15 N–H and O–H groups in total. The molecule has 0 unspecified atom stereocenters. The second-order valence-corrected chi connectivity index (χ2v) is 12.7. The summed E-state index contributed by atoms with van der Waals surface area (Å²) in [5, 5.41) is 22.8. The third-order valence-electron chi connectivity index (χ3n) is 8.48. The number of carbonyl (C=O) groups is 4. The summed E-state index contributed by atoms with van der Waals surface area (Å²) in [7, 11) is 0. The summed E-state index contributed by atoms with van der Waals surface area (Å²) in [6.45, 7) is 0.122. The second-order valence-electron chi connectivity index (χ2n) is 12.7. The number of nitrogens with two attached hydrogens (primary N) is 5. The van der Waals surface area contributed by atoms with Crippen molar-refractivity contribution < 1.29 is 24.3 Å². The predicted molar refractivity (Wildman–Crippen MR) is 203 cm³/mol. The molecule has 4 rings (SSSR count). The number of benzene rings is 3. The van der Waals surface area contributed by atoms with E-state index in [1.165, 1.54) is 12.1 Å². The molecule has 4 amide bonds. The van der Waals surface area contributed by atoms with Gasteiger partial charge < -0.3 is 55.0 Å². The van der Waals surface area contributed by atoms with E-state index in [0.717, 1.165) is 16.3 Å². The van der Waals surface area contributed by atoms with E-state index in [1.54, 1.807) is 12.1 Å². The first-order valence-electron chi connectivity index (χ1n) is 17.2. The molecule has 3 aromatic carbocycles. The van der Waals surface area contributed by atoms with Gasteiger partial charge in [-0.1, -0.05) is 54.6 Å². The van der Waals surface area contributed by atoms with Crippen LogP contribution in [0, 0.1) is 0 Å². The summed E-state index contributed by atoms with van der Waals surface area (Å²) in [6.07, 6.45) is 0.988. The van der Waals surface area contributed by atoms with Gasteiger partial charge in [-0.05, 0) is 59.7 Å². The fourth-order valence-electron chi connectivity index (χ4n) is 5.77. The number of phenolic OH excluding ortho intramolecular Hbond substituents is 1. The lowest BCUT2D eigenvalue weighted by atomic mass is 10.0. The lowest BCUT2D eigenvalue weighted by molar-refractivity contribution is -0.134. The summed E-state index contributed by atoms with van der Waals surface area (Å²) in [5.74, 6) is -2.74. The first kappa shape index (κ1) is 39.4. The molecule has 282 valence electrons. The van der Waals surface area contributed by atoms with Crippen molar-refractivity contribution in [1.29, 1.82) is 0 Å². The maximum Gasteiger partial charge on any atom is 0.245 e. The van der Waals surface area contributed by atoms with Crippen molar-refractivity contribution in [2.45, 2.75) is 62.7 Å². The Kier molecular flexibility index (Phi) is 14.3. The number of rotatable bonds is 12. The van der Waals surface area contributed by atoms with Gasteiger partial charge in [0.05, 0.1) is 6.54 Å². The summed E-state index contributed by atoms with van der Waals surface area (Å²) >= 11 is 0. The third-order valence-corrected chi connectivity index (χ3v) is 8.48. The highest BCUT2D eigenvalue weighted by Crippen LogP contribution is 2.18. The minimum absolute atomic E-state index is 0.0396. The van der Waals surface area contributed by atoms with Gasteiger partial charge in [0.25, 0.3) is 0 Å². The van der Waals surface area contributed by atoms with Crippen molar-refractivity contribution >= 4 is 52.2 Å². The second kappa shape index (κ2) is 19.3. The van der Waals surface area contributed by atoms with E-state index in [1.807, 2.05) is 42.5 Å². The smallest absolute Gasteiger partial charge is 0.245 e. The van der Waals surface area contributed by atoms with Crippen LogP contribution in [0.5, 0.6) is 5.75 Å². The van der Waals surface area contributed by atoms with E-state index in [-0.39, 0.29) is 68.8 Å². The van der Waals surface area contributed by atoms with Crippen molar-refractivity contribution in [3.8, 4) is 5.75 Å². The Labute approximate surface area is 306 Å². The van der Waals surface area contributed by atoms with Crippen LogP contribution in [-0.4, -0.2) is 90.3 Å². The fourth-order valence-corrected chi connectivity index (χ4v) is 5.77. The number of phenols is 1. The number of fused-ring (bicyclic) bond motifs is 1. The number of nitrogens with zero attached hydrogens (tertiary/aromatic N) is 3. The Hall–Kier alpha value is -6.39. The van der Waals surface area contributed by atoms with E-state index in [0.29, 0.717) is 18.4 Å². The maximum absolute atomic E-state index is 13.9. The molecule has 53 heavy (non-hydrogen) atoms. The number of guanidine groups is 2. The lowest BCUT2D eigenvalue weighted by Crippen LogP contribution is -2.57. The molecule has 0 saturated carbocycles. The topological polar surface area (TPSA) is 304 Å². The molecule has 4 atom stereocenters. The fraction of sp³-hybridized carbons (Fsp3) is 0.361. The SMILES string of the molecule is NC(N)=NCCC[C@@H]1NC(=O)[C@H](CCCN=C(N)N)NC(=O)[C@@H](Cc2ccc(O)cc2)N=C(N)CNC(=O)[C@H](Cc2ccc3ccccc3c2)NC1=O. The largest absolute Gasteiger partial charge is 0.508 e. The first-order chi connectivity index (χ1) is 25.4. The number of carbonyl (C=O) groups excluding carboxylic acids is 4. The van der Waals surface area contributed by atoms with Gasteiger partial charge in [-0.2, -0.15) is 0 Å². The molecule has 0 aromatic heterocycles. The number of aromatic hydroxyl groups is 1. The molecule has 17 heteroatoms. The molecular formula is C36H48N12O5. The molecule has 0 bridgehead atoms. The van der Waals surface area contributed by atoms with E-state index in [2.05, 4.69) is 36.2 Å². The Morgan fingerprint density at radius 1 is 0.679 bits per heavy atom. The average Bonchev–Trinajstić information content (AvgIpc) is 3.12. The normalized spacial score (nSPS) is 20.0. The zero-order chi connectivity index (χ0) is 38.3. The standard InChI is InChI=1S/C36H48N12O5/c37-30-20-44-31(50)28(19-22-9-12-23-5-1-2-6-24(23)17-22)48-33(52)27(8-4-16-43-36(40)41)46-32(51)26(7-3-15-42-35(38)39)47-34(53)29(45-30)18-21-10-13-25(49)14-11-21/h1-2,5-6,9-14,17,26-29,49H,3-4,7-8,15-16,18-20H2,(H2,37,45)(H,44,50)(H,46,51)(H,47,53)(H,48,52)(H4,38,39,42)(H4,40,41,43)/t26-,27-,28-,29+/m0/s1. The van der Waals surface area contributed by atoms with Gasteiger partial charge in [0.2, 0.25) is 23.6 Å².